The maximum absolute atomic E-state index is 12.7. The number of hydrogen-bond donors (Lipinski definition) is 1. The van der Waals surface area contributed by atoms with Crippen molar-refractivity contribution < 1.29 is 9.53 Å². The third-order valence-corrected chi connectivity index (χ3v) is 7.69. The van der Waals surface area contributed by atoms with Crippen molar-refractivity contribution in [2.75, 3.05) is 18.2 Å². The van der Waals surface area contributed by atoms with Gasteiger partial charge >= 0.3 is 0 Å². The molecule has 1 aliphatic rings. The van der Waals surface area contributed by atoms with E-state index in [0.717, 1.165) is 50.9 Å². The summed E-state index contributed by atoms with van der Waals surface area (Å²) in [7, 11) is 1.62. The molecule has 7 heteroatoms. The summed E-state index contributed by atoms with van der Waals surface area (Å²) in [5, 5.41) is 5.00. The second-order valence-electron chi connectivity index (χ2n) is 7.67. The molecule has 0 unspecified atom stereocenters. The van der Waals surface area contributed by atoms with Gasteiger partial charge in [-0.15, -0.1) is 11.3 Å². The Morgan fingerprint density at radius 2 is 1.84 bits per heavy atom. The first-order valence-electron chi connectivity index (χ1n) is 10.7. The Labute approximate surface area is 195 Å². The third kappa shape index (κ3) is 4.36. The maximum Gasteiger partial charge on any atom is 0.234 e. The normalized spacial score (nSPS) is 13.0. The van der Waals surface area contributed by atoms with E-state index in [1.807, 2.05) is 54.6 Å². The number of benzene rings is 2. The molecule has 5 rings (SSSR count). The zero-order valence-electron chi connectivity index (χ0n) is 17.8. The van der Waals surface area contributed by atoms with Crippen LogP contribution in [0.25, 0.3) is 21.6 Å². The van der Waals surface area contributed by atoms with Gasteiger partial charge in [0.25, 0.3) is 0 Å². The molecular weight excluding hydrogens is 438 g/mol. The lowest BCUT2D eigenvalue weighted by atomic mass is 9.97. The highest BCUT2D eigenvalue weighted by Crippen LogP contribution is 2.40. The minimum Gasteiger partial charge on any atom is -0.497 e. The van der Waals surface area contributed by atoms with Crippen LogP contribution in [0.4, 0.5) is 5.69 Å². The summed E-state index contributed by atoms with van der Waals surface area (Å²) in [4.78, 5) is 24.9. The number of nitrogens with one attached hydrogen (secondary N) is 1. The number of hydrogen-bond acceptors (Lipinski definition) is 6. The van der Waals surface area contributed by atoms with Crippen LogP contribution in [-0.2, 0) is 17.6 Å². The zero-order valence-corrected chi connectivity index (χ0v) is 19.4. The lowest BCUT2D eigenvalue weighted by Crippen LogP contribution is -2.14. The first-order valence-corrected chi connectivity index (χ1v) is 12.5. The third-order valence-electron chi connectivity index (χ3n) is 5.53. The van der Waals surface area contributed by atoms with Crippen LogP contribution in [0.1, 0.15) is 23.3 Å². The largest absolute Gasteiger partial charge is 0.497 e. The number of aromatic nitrogens is 2. The minimum absolute atomic E-state index is 0.0581. The van der Waals surface area contributed by atoms with Crippen LogP contribution in [0.15, 0.2) is 59.6 Å². The van der Waals surface area contributed by atoms with E-state index < -0.39 is 0 Å². The summed E-state index contributed by atoms with van der Waals surface area (Å²) >= 11 is 3.28. The van der Waals surface area contributed by atoms with Crippen molar-refractivity contribution in [1.29, 1.82) is 0 Å². The second-order valence-corrected chi connectivity index (χ2v) is 9.72. The average molecular weight is 462 g/mol. The standard InChI is InChI=1S/C25H23N3O2S2/c1-30-18-13-11-17(12-14-18)26-21(29)15-31-24-22-19-9-5-6-10-20(19)32-25(22)28-23(27-24)16-7-3-2-4-8-16/h2-4,7-8,11-14H,5-6,9-10,15H2,1H3,(H,26,29). The number of carbonyl (C=O) groups is 1. The number of methoxy groups -OCH3 is 1. The van der Waals surface area contributed by atoms with Crippen molar-refractivity contribution in [3.05, 3.63) is 65.0 Å². The molecule has 5 nitrogen and oxygen atoms in total. The summed E-state index contributed by atoms with van der Waals surface area (Å²) < 4.78 is 5.18. The molecule has 0 radical (unpaired) electrons. The number of ether oxygens (including phenoxy) is 1. The number of thioether (sulfide) groups is 1. The van der Waals surface area contributed by atoms with E-state index in [-0.39, 0.29) is 11.7 Å². The van der Waals surface area contributed by atoms with Gasteiger partial charge in [-0.25, -0.2) is 9.97 Å². The Kier molecular flexibility index (Phi) is 6.10. The van der Waals surface area contributed by atoms with Gasteiger partial charge in [-0.1, -0.05) is 42.1 Å². The summed E-state index contributed by atoms with van der Waals surface area (Å²) in [5.74, 6) is 1.71. The quantitative estimate of drug-likeness (QED) is 0.283. The van der Waals surface area contributed by atoms with Crippen LogP contribution in [0.5, 0.6) is 5.75 Å². The Morgan fingerprint density at radius 3 is 2.62 bits per heavy atom. The van der Waals surface area contributed by atoms with Crippen LogP contribution in [0.3, 0.4) is 0 Å². The lowest BCUT2D eigenvalue weighted by molar-refractivity contribution is -0.113. The van der Waals surface area contributed by atoms with Crippen molar-refractivity contribution in [2.24, 2.45) is 0 Å². The number of rotatable bonds is 6. The molecular formula is C25H23N3O2S2. The molecule has 0 spiro atoms. The molecule has 1 aliphatic carbocycles. The lowest BCUT2D eigenvalue weighted by Gasteiger charge is -2.12. The van der Waals surface area contributed by atoms with Crippen LogP contribution in [0.2, 0.25) is 0 Å². The number of carbonyl (C=O) groups excluding carboxylic acids is 1. The SMILES string of the molecule is COc1ccc(NC(=O)CSc2nc(-c3ccccc3)nc3sc4c(c23)CCCC4)cc1. The van der Waals surface area contributed by atoms with Crippen molar-refractivity contribution in [3.63, 3.8) is 0 Å². The zero-order chi connectivity index (χ0) is 21.9. The molecule has 2 heterocycles. The molecule has 0 atom stereocenters. The predicted molar refractivity (Wildman–Crippen MR) is 132 cm³/mol. The number of anilines is 1. The molecule has 2 aromatic carbocycles. The van der Waals surface area contributed by atoms with E-state index in [2.05, 4.69) is 5.32 Å². The van der Waals surface area contributed by atoms with E-state index >= 15 is 0 Å². The fraction of sp³-hybridized carbons (Fsp3) is 0.240. The Hall–Kier alpha value is -2.90. The van der Waals surface area contributed by atoms with Gasteiger partial charge in [0.2, 0.25) is 5.91 Å². The van der Waals surface area contributed by atoms with E-state index in [4.69, 9.17) is 14.7 Å². The molecule has 0 aliphatic heterocycles. The fourth-order valence-electron chi connectivity index (χ4n) is 3.95. The average Bonchev–Trinajstić information content (AvgIpc) is 3.22. The molecule has 4 aromatic rings. The van der Waals surface area contributed by atoms with Gasteiger partial charge in [-0.2, -0.15) is 0 Å². The van der Waals surface area contributed by atoms with Gasteiger partial charge in [-0.3, -0.25) is 4.79 Å². The van der Waals surface area contributed by atoms with Crippen LogP contribution < -0.4 is 10.1 Å². The van der Waals surface area contributed by atoms with Gasteiger partial charge in [-0.05, 0) is 55.5 Å². The topological polar surface area (TPSA) is 64.1 Å². The van der Waals surface area contributed by atoms with Crippen LogP contribution in [-0.4, -0.2) is 28.7 Å². The molecule has 0 fully saturated rings. The molecule has 32 heavy (non-hydrogen) atoms. The highest BCUT2D eigenvalue weighted by molar-refractivity contribution is 8.00. The summed E-state index contributed by atoms with van der Waals surface area (Å²) in [5.41, 5.74) is 3.13. The van der Waals surface area contributed by atoms with Crippen molar-refractivity contribution in [1.82, 2.24) is 9.97 Å². The molecule has 162 valence electrons. The Balaban J connectivity index is 1.43. The molecule has 0 saturated heterocycles. The van der Waals surface area contributed by atoms with E-state index in [1.54, 1.807) is 18.4 Å². The van der Waals surface area contributed by atoms with E-state index in [0.29, 0.717) is 0 Å². The molecule has 1 N–H and O–H groups in total. The summed E-state index contributed by atoms with van der Waals surface area (Å²) in [6.45, 7) is 0. The number of nitrogens with zero attached hydrogens (tertiary/aromatic N) is 2. The maximum atomic E-state index is 12.7. The van der Waals surface area contributed by atoms with Gasteiger partial charge in [0, 0.05) is 21.5 Å². The molecule has 0 bridgehead atoms. The smallest absolute Gasteiger partial charge is 0.234 e. The van der Waals surface area contributed by atoms with Crippen LogP contribution >= 0.6 is 23.1 Å². The number of fused-ring (bicyclic) bond motifs is 3. The Morgan fingerprint density at radius 1 is 1.06 bits per heavy atom. The first-order chi connectivity index (χ1) is 15.7. The van der Waals surface area contributed by atoms with Crippen molar-refractivity contribution in [3.8, 4) is 17.1 Å². The number of aryl methyl sites for hydroxylation is 2. The molecule has 1 amide bonds. The van der Waals surface area contributed by atoms with Gasteiger partial charge < -0.3 is 10.1 Å². The highest BCUT2D eigenvalue weighted by atomic mass is 32.2. The minimum atomic E-state index is -0.0581. The fourth-order valence-corrected chi connectivity index (χ4v) is 6.13. The van der Waals surface area contributed by atoms with Crippen LogP contribution in [0, 0.1) is 0 Å². The molecule has 0 saturated carbocycles. The second kappa shape index (κ2) is 9.30. The van der Waals surface area contributed by atoms with Gasteiger partial charge in [0.1, 0.15) is 15.6 Å². The van der Waals surface area contributed by atoms with Crippen molar-refractivity contribution >= 4 is 44.9 Å². The number of thiophene rings is 1. The van der Waals surface area contributed by atoms with E-state index in [1.165, 1.54) is 35.0 Å². The summed E-state index contributed by atoms with van der Waals surface area (Å²) in [6, 6.07) is 17.4. The highest BCUT2D eigenvalue weighted by Gasteiger charge is 2.22. The molecule has 2 aromatic heterocycles. The Bertz CT molecular complexity index is 1250. The summed E-state index contributed by atoms with van der Waals surface area (Å²) in [6.07, 6.45) is 4.60. The van der Waals surface area contributed by atoms with E-state index in [9.17, 15) is 4.79 Å². The predicted octanol–water partition coefficient (Wildman–Crippen LogP) is 5.98. The number of amides is 1. The monoisotopic (exact) mass is 461 g/mol. The van der Waals surface area contributed by atoms with Gasteiger partial charge in [0.05, 0.1) is 12.9 Å². The van der Waals surface area contributed by atoms with Gasteiger partial charge in [0.15, 0.2) is 5.82 Å². The first kappa shape index (κ1) is 21.0. The van der Waals surface area contributed by atoms with Crippen molar-refractivity contribution in [2.45, 2.75) is 30.7 Å².